The molecule has 0 spiro atoms. The van der Waals surface area contributed by atoms with E-state index >= 15 is 0 Å². The average molecular weight is 278 g/mol. The second-order valence-electron chi connectivity index (χ2n) is 6.23. The lowest BCUT2D eigenvalue weighted by Crippen LogP contribution is -2.40. The molecule has 2 saturated heterocycles. The number of aromatic nitrogens is 2. The second-order valence-corrected chi connectivity index (χ2v) is 6.23. The lowest BCUT2D eigenvalue weighted by atomic mass is 9.75. The van der Waals surface area contributed by atoms with Crippen LogP contribution in [-0.2, 0) is 5.41 Å². The Bertz CT molecular complexity index is 414. The highest BCUT2D eigenvalue weighted by molar-refractivity contribution is 5.29. The Kier molecular flexibility index (Phi) is 4.24. The molecule has 0 atom stereocenters. The molecule has 0 radical (unpaired) electrons. The first-order chi connectivity index (χ1) is 9.84. The largest absolute Gasteiger partial charge is 0.338 e. The van der Waals surface area contributed by atoms with Gasteiger partial charge in [-0.3, -0.25) is 0 Å². The molecule has 3 rings (SSSR count). The fourth-order valence-electron chi connectivity index (χ4n) is 3.61. The van der Waals surface area contributed by atoms with Crippen LogP contribution in [-0.4, -0.2) is 36.3 Å². The molecule has 2 aliphatic rings. The van der Waals surface area contributed by atoms with Gasteiger partial charge in [0.1, 0.15) is 0 Å². The Balaban J connectivity index is 1.79. The van der Waals surface area contributed by atoms with Crippen LogP contribution in [0.1, 0.15) is 57.8 Å². The standard InChI is InChI=1S/C15H26N4O/c1-2-6-15(7-9-16-10-8-15)13-17-14(18-20-13)19-11-4-3-5-12-19/h16H,2-12H2,1H3. The Labute approximate surface area is 121 Å². The summed E-state index contributed by atoms with van der Waals surface area (Å²) in [6.45, 7) is 6.50. The molecular formula is C15H26N4O. The average Bonchev–Trinajstić information content (AvgIpc) is 3.00. The smallest absolute Gasteiger partial charge is 0.266 e. The molecule has 0 aliphatic carbocycles. The summed E-state index contributed by atoms with van der Waals surface area (Å²) in [5.74, 6) is 1.69. The normalized spacial score (nSPS) is 22.9. The van der Waals surface area contributed by atoms with Gasteiger partial charge < -0.3 is 14.7 Å². The number of nitrogens with one attached hydrogen (secondary N) is 1. The molecule has 5 heteroatoms. The molecule has 0 amide bonds. The van der Waals surface area contributed by atoms with E-state index in [0.717, 1.165) is 57.3 Å². The van der Waals surface area contributed by atoms with Gasteiger partial charge in [0.05, 0.1) is 5.41 Å². The van der Waals surface area contributed by atoms with Gasteiger partial charge in [-0.05, 0) is 56.8 Å². The zero-order valence-electron chi connectivity index (χ0n) is 12.5. The van der Waals surface area contributed by atoms with E-state index in [4.69, 9.17) is 9.51 Å². The van der Waals surface area contributed by atoms with Crippen molar-refractivity contribution in [1.82, 2.24) is 15.5 Å². The molecule has 0 unspecified atom stereocenters. The number of nitrogens with zero attached hydrogens (tertiary/aromatic N) is 3. The van der Waals surface area contributed by atoms with Crippen molar-refractivity contribution in [3.63, 3.8) is 0 Å². The van der Waals surface area contributed by atoms with Gasteiger partial charge in [0.25, 0.3) is 5.95 Å². The van der Waals surface area contributed by atoms with E-state index < -0.39 is 0 Å². The quantitative estimate of drug-likeness (QED) is 0.917. The number of anilines is 1. The SMILES string of the molecule is CCCC1(c2nc(N3CCCCC3)no2)CCNCC1. The number of hydrogen-bond acceptors (Lipinski definition) is 5. The fourth-order valence-corrected chi connectivity index (χ4v) is 3.61. The van der Waals surface area contributed by atoms with Crippen molar-refractivity contribution >= 4 is 5.95 Å². The lowest BCUT2D eigenvalue weighted by Gasteiger charge is -2.34. The molecule has 1 aromatic heterocycles. The molecule has 5 nitrogen and oxygen atoms in total. The topological polar surface area (TPSA) is 54.2 Å². The predicted molar refractivity (Wildman–Crippen MR) is 79.1 cm³/mol. The molecule has 2 fully saturated rings. The summed E-state index contributed by atoms with van der Waals surface area (Å²) >= 11 is 0. The van der Waals surface area contributed by atoms with E-state index in [2.05, 4.69) is 22.3 Å². The van der Waals surface area contributed by atoms with Gasteiger partial charge >= 0.3 is 0 Å². The minimum Gasteiger partial charge on any atom is -0.338 e. The Morgan fingerprint density at radius 1 is 1.20 bits per heavy atom. The van der Waals surface area contributed by atoms with Crippen molar-refractivity contribution < 1.29 is 4.52 Å². The zero-order chi connectivity index (χ0) is 13.8. The van der Waals surface area contributed by atoms with Gasteiger partial charge in [-0.25, -0.2) is 0 Å². The molecule has 1 N–H and O–H groups in total. The summed E-state index contributed by atoms with van der Waals surface area (Å²) in [4.78, 5) is 7.04. The first kappa shape index (κ1) is 13.9. The third-order valence-corrected chi connectivity index (χ3v) is 4.80. The van der Waals surface area contributed by atoms with E-state index in [-0.39, 0.29) is 5.41 Å². The number of piperidine rings is 2. The van der Waals surface area contributed by atoms with E-state index in [1.807, 2.05) is 0 Å². The molecule has 112 valence electrons. The predicted octanol–water partition coefficient (Wildman–Crippen LogP) is 2.48. The lowest BCUT2D eigenvalue weighted by molar-refractivity contribution is 0.208. The highest BCUT2D eigenvalue weighted by Gasteiger charge is 2.38. The monoisotopic (exact) mass is 278 g/mol. The summed E-state index contributed by atoms with van der Waals surface area (Å²) in [5, 5.41) is 7.70. The van der Waals surface area contributed by atoms with Crippen LogP contribution in [0.3, 0.4) is 0 Å². The summed E-state index contributed by atoms with van der Waals surface area (Å²) in [6, 6.07) is 0. The van der Waals surface area contributed by atoms with E-state index in [0.29, 0.717) is 0 Å². The maximum atomic E-state index is 5.68. The van der Waals surface area contributed by atoms with Crippen LogP contribution < -0.4 is 10.2 Å². The number of rotatable bonds is 4. The maximum Gasteiger partial charge on any atom is 0.266 e. The van der Waals surface area contributed by atoms with Crippen molar-refractivity contribution in [2.24, 2.45) is 0 Å². The van der Waals surface area contributed by atoms with Crippen LogP contribution in [0.15, 0.2) is 4.52 Å². The molecule has 2 aliphatic heterocycles. The molecule has 3 heterocycles. The van der Waals surface area contributed by atoms with E-state index in [9.17, 15) is 0 Å². The summed E-state index contributed by atoms with van der Waals surface area (Å²) in [6.07, 6.45) is 8.36. The minimum absolute atomic E-state index is 0.112. The van der Waals surface area contributed by atoms with Gasteiger partial charge in [0.2, 0.25) is 5.89 Å². The molecule has 1 aromatic rings. The molecule has 20 heavy (non-hydrogen) atoms. The summed E-state index contributed by atoms with van der Waals surface area (Å²) in [5.41, 5.74) is 0.112. The van der Waals surface area contributed by atoms with Gasteiger partial charge in [0.15, 0.2) is 0 Å². The number of hydrogen-bond donors (Lipinski definition) is 1. The van der Waals surface area contributed by atoms with E-state index in [1.54, 1.807) is 0 Å². The van der Waals surface area contributed by atoms with Crippen LogP contribution in [0, 0.1) is 0 Å². The molecular weight excluding hydrogens is 252 g/mol. The van der Waals surface area contributed by atoms with Crippen molar-refractivity contribution in [1.29, 1.82) is 0 Å². The Morgan fingerprint density at radius 3 is 2.65 bits per heavy atom. The highest BCUT2D eigenvalue weighted by Crippen LogP contribution is 2.37. The van der Waals surface area contributed by atoms with Crippen molar-refractivity contribution in [3.05, 3.63) is 5.89 Å². The van der Waals surface area contributed by atoms with Crippen LogP contribution in [0.25, 0.3) is 0 Å². The van der Waals surface area contributed by atoms with Gasteiger partial charge in [-0.2, -0.15) is 4.98 Å². The van der Waals surface area contributed by atoms with Crippen molar-refractivity contribution in [2.45, 2.75) is 57.3 Å². The Morgan fingerprint density at radius 2 is 1.95 bits per heavy atom. The van der Waals surface area contributed by atoms with Crippen LogP contribution in [0.2, 0.25) is 0 Å². The fraction of sp³-hybridized carbons (Fsp3) is 0.867. The van der Waals surface area contributed by atoms with Gasteiger partial charge in [-0.1, -0.05) is 13.3 Å². The highest BCUT2D eigenvalue weighted by atomic mass is 16.5. The summed E-state index contributed by atoms with van der Waals surface area (Å²) < 4.78 is 5.68. The van der Waals surface area contributed by atoms with Crippen molar-refractivity contribution in [2.75, 3.05) is 31.1 Å². The van der Waals surface area contributed by atoms with Crippen LogP contribution >= 0.6 is 0 Å². The van der Waals surface area contributed by atoms with E-state index in [1.165, 1.54) is 25.7 Å². The third kappa shape index (κ3) is 2.68. The molecule has 0 aromatic carbocycles. The maximum absolute atomic E-state index is 5.68. The first-order valence-electron chi connectivity index (χ1n) is 8.14. The molecule has 0 bridgehead atoms. The van der Waals surface area contributed by atoms with Gasteiger partial charge in [-0.15, -0.1) is 0 Å². The van der Waals surface area contributed by atoms with Crippen LogP contribution in [0.4, 0.5) is 5.95 Å². The second kappa shape index (κ2) is 6.12. The minimum atomic E-state index is 0.112. The summed E-state index contributed by atoms with van der Waals surface area (Å²) in [7, 11) is 0. The van der Waals surface area contributed by atoms with Crippen LogP contribution in [0.5, 0.6) is 0 Å². The first-order valence-corrected chi connectivity index (χ1v) is 8.14. The Hall–Kier alpha value is -1.10. The zero-order valence-corrected chi connectivity index (χ0v) is 12.5. The third-order valence-electron chi connectivity index (χ3n) is 4.80. The van der Waals surface area contributed by atoms with Gasteiger partial charge in [0, 0.05) is 13.1 Å². The molecule has 0 saturated carbocycles. The van der Waals surface area contributed by atoms with Crippen molar-refractivity contribution in [3.8, 4) is 0 Å².